The Bertz CT molecular complexity index is 438. The zero-order valence-corrected chi connectivity index (χ0v) is 14.0. The van der Waals surface area contributed by atoms with E-state index in [9.17, 15) is 5.11 Å². The van der Waals surface area contributed by atoms with Crippen molar-refractivity contribution in [1.29, 1.82) is 0 Å². The molecule has 1 fully saturated rings. The number of nitrogens with one attached hydrogen (secondary N) is 1. The second-order valence-corrected chi connectivity index (χ2v) is 6.37. The maximum Gasteiger partial charge on any atom is 0.0635 e. The van der Waals surface area contributed by atoms with Gasteiger partial charge in [-0.2, -0.15) is 0 Å². The SMILES string of the molecule is CCNC(C)c1ccc(N2CCCCC2CO)cc1Br. The van der Waals surface area contributed by atoms with Crippen LogP contribution in [0.4, 0.5) is 5.69 Å². The molecule has 2 atom stereocenters. The van der Waals surface area contributed by atoms with E-state index in [1.165, 1.54) is 24.1 Å². The predicted octanol–water partition coefficient (Wildman–Crippen LogP) is 3.47. The highest BCUT2D eigenvalue weighted by Crippen LogP contribution is 2.31. The van der Waals surface area contributed by atoms with Gasteiger partial charge in [-0.3, -0.25) is 0 Å². The second-order valence-electron chi connectivity index (χ2n) is 5.51. The number of hydrogen-bond donors (Lipinski definition) is 2. The maximum atomic E-state index is 9.54. The lowest BCUT2D eigenvalue weighted by atomic mass is 10.0. The minimum atomic E-state index is 0.243. The van der Waals surface area contributed by atoms with Crippen molar-refractivity contribution in [2.24, 2.45) is 0 Å². The van der Waals surface area contributed by atoms with Crippen molar-refractivity contribution in [2.45, 2.75) is 45.2 Å². The summed E-state index contributed by atoms with van der Waals surface area (Å²) < 4.78 is 1.14. The molecule has 0 saturated carbocycles. The summed E-state index contributed by atoms with van der Waals surface area (Å²) in [7, 11) is 0. The number of aliphatic hydroxyl groups is 1. The van der Waals surface area contributed by atoms with E-state index in [1.807, 2.05) is 0 Å². The lowest BCUT2D eigenvalue weighted by molar-refractivity contribution is 0.240. The monoisotopic (exact) mass is 340 g/mol. The van der Waals surface area contributed by atoms with Crippen LogP contribution in [-0.2, 0) is 0 Å². The van der Waals surface area contributed by atoms with Gasteiger partial charge in [0, 0.05) is 22.7 Å². The van der Waals surface area contributed by atoms with Crippen LogP contribution in [0.1, 0.15) is 44.7 Å². The third-order valence-corrected chi connectivity index (χ3v) is 4.82. The number of nitrogens with zero attached hydrogens (tertiary/aromatic N) is 1. The van der Waals surface area contributed by atoms with Crippen molar-refractivity contribution >= 4 is 21.6 Å². The van der Waals surface area contributed by atoms with E-state index in [4.69, 9.17) is 0 Å². The molecule has 3 nitrogen and oxygen atoms in total. The number of aliphatic hydroxyl groups excluding tert-OH is 1. The first-order valence-electron chi connectivity index (χ1n) is 7.57. The third kappa shape index (κ3) is 3.54. The lowest BCUT2D eigenvalue weighted by Crippen LogP contribution is -2.41. The quantitative estimate of drug-likeness (QED) is 0.861. The summed E-state index contributed by atoms with van der Waals surface area (Å²) in [6, 6.07) is 7.18. The van der Waals surface area contributed by atoms with Crippen molar-refractivity contribution in [2.75, 3.05) is 24.6 Å². The Balaban J connectivity index is 2.19. The Labute approximate surface area is 130 Å². The number of benzene rings is 1. The van der Waals surface area contributed by atoms with Gasteiger partial charge in [-0.05, 0) is 50.4 Å². The largest absolute Gasteiger partial charge is 0.394 e. The molecule has 1 aromatic rings. The van der Waals surface area contributed by atoms with E-state index < -0.39 is 0 Å². The van der Waals surface area contributed by atoms with Gasteiger partial charge in [-0.25, -0.2) is 0 Å². The fourth-order valence-electron chi connectivity index (χ4n) is 2.99. The Morgan fingerprint density at radius 1 is 1.45 bits per heavy atom. The fraction of sp³-hybridized carbons (Fsp3) is 0.625. The molecular formula is C16H25BrN2O. The van der Waals surface area contributed by atoms with Crippen LogP contribution in [0.5, 0.6) is 0 Å². The zero-order chi connectivity index (χ0) is 14.5. The zero-order valence-electron chi connectivity index (χ0n) is 12.4. The van der Waals surface area contributed by atoms with Crippen LogP contribution >= 0.6 is 15.9 Å². The molecule has 2 unspecified atom stereocenters. The summed E-state index contributed by atoms with van der Waals surface area (Å²) in [4.78, 5) is 2.34. The van der Waals surface area contributed by atoms with Crippen LogP contribution in [0.15, 0.2) is 22.7 Å². The summed E-state index contributed by atoms with van der Waals surface area (Å²) in [6.07, 6.45) is 3.52. The molecule has 1 heterocycles. The first-order chi connectivity index (χ1) is 9.67. The second kappa shape index (κ2) is 7.43. The topological polar surface area (TPSA) is 35.5 Å². The van der Waals surface area contributed by atoms with Crippen LogP contribution < -0.4 is 10.2 Å². The molecule has 2 N–H and O–H groups in total. The average Bonchev–Trinajstić information content (AvgIpc) is 2.47. The van der Waals surface area contributed by atoms with Gasteiger partial charge in [0.1, 0.15) is 0 Å². The molecule has 0 aliphatic carbocycles. The number of anilines is 1. The van der Waals surface area contributed by atoms with Gasteiger partial charge in [0.25, 0.3) is 0 Å². The van der Waals surface area contributed by atoms with Crippen molar-refractivity contribution in [3.8, 4) is 0 Å². The van der Waals surface area contributed by atoms with E-state index in [-0.39, 0.29) is 12.6 Å². The van der Waals surface area contributed by atoms with Crippen LogP contribution in [0.2, 0.25) is 0 Å². The molecular weight excluding hydrogens is 316 g/mol. The first kappa shape index (κ1) is 15.8. The van der Waals surface area contributed by atoms with Crippen LogP contribution in [0.25, 0.3) is 0 Å². The maximum absolute atomic E-state index is 9.54. The molecule has 0 spiro atoms. The van der Waals surface area contributed by atoms with E-state index in [2.05, 4.69) is 58.2 Å². The van der Waals surface area contributed by atoms with Gasteiger partial charge < -0.3 is 15.3 Å². The Hall–Kier alpha value is -0.580. The molecule has 0 radical (unpaired) electrons. The molecule has 0 bridgehead atoms. The van der Waals surface area contributed by atoms with E-state index in [1.54, 1.807) is 0 Å². The standard InChI is InChI=1S/C16H25BrN2O/c1-3-18-12(2)15-8-7-13(10-16(15)17)19-9-5-4-6-14(19)11-20/h7-8,10,12,14,18,20H,3-6,9,11H2,1-2H3. The normalized spacial score (nSPS) is 21.0. The van der Waals surface area contributed by atoms with Gasteiger partial charge in [0.2, 0.25) is 0 Å². The number of rotatable bonds is 5. The number of piperidine rings is 1. The molecule has 4 heteroatoms. The van der Waals surface area contributed by atoms with Gasteiger partial charge in [0.05, 0.1) is 12.6 Å². The lowest BCUT2D eigenvalue weighted by Gasteiger charge is -2.37. The summed E-state index contributed by atoms with van der Waals surface area (Å²) in [5.41, 5.74) is 2.50. The van der Waals surface area contributed by atoms with E-state index in [0.29, 0.717) is 6.04 Å². The average molecular weight is 341 g/mol. The molecule has 0 amide bonds. The summed E-state index contributed by atoms with van der Waals surface area (Å²) in [6.45, 7) is 6.56. The Kier molecular flexibility index (Phi) is 5.87. The predicted molar refractivity (Wildman–Crippen MR) is 88.3 cm³/mol. The fourth-order valence-corrected chi connectivity index (χ4v) is 3.70. The highest BCUT2D eigenvalue weighted by Gasteiger charge is 2.22. The van der Waals surface area contributed by atoms with E-state index >= 15 is 0 Å². The van der Waals surface area contributed by atoms with Gasteiger partial charge in [-0.1, -0.05) is 28.9 Å². The van der Waals surface area contributed by atoms with Crippen molar-refractivity contribution in [3.05, 3.63) is 28.2 Å². The summed E-state index contributed by atoms with van der Waals surface area (Å²) >= 11 is 3.70. The minimum Gasteiger partial charge on any atom is -0.394 e. The minimum absolute atomic E-state index is 0.243. The van der Waals surface area contributed by atoms with Gasteiger partial charge >= 0.3 is 0 Å². The van der Waals surface area contributed by atoms with Crippen molar-refractivity contribution in [3.63, 3.8) is 0 Å². The smallest absolute Gasteiger partial charge is 0.0635 e. The van der Waals surface area contributed by atoms with Crippen molar-refractivity contribution < 1.29 is 5.11 Å². The molecule has 112 valence electrons. The third-order valence-electron chi connectivity index (χ3n) is 4.13. The van der Waals surface area contributed by atoms with Crippen LogP contribution in [0.3, 0.4) is 0 Å². The molecule has 20 heavy (non-hydrogen) atoms. The number of hydrogen-bond acceptors (Lipinski definition) is 3. The van der Waals surface area contributed by atoms with Crippen LogP contribution in [-0.4, -0.2) is 30.8 Å². The Morgan fingerprint density at radius 3 is 2.90 bits per heavy atom. The van der Waals surface area contributed by atoms with Gasteiger partial charge in [-0.15, -0.1) is 0 Å². The summed E-state index contributed by atoms with van der Waals surface area (Å²) in [5.74, 6) is 0. The highest BCUT2D eigenvalue weighted by molar-refractivity contribution is 9.10. The molecule has 0 aromatic heterocycles. The molecule has 1 saturated heterocycles. The summed E-state index contributed by atoms with van der Waals surface area (Å²) in [5, 5.41) is 13.0. The van der Waals surface area contributed by atoms with Crippen LogP contribution in [0, 0.1) is 0 Å². The van der Waals surface area contributed by atoms with Gasteiger partial charge in [0.15, 0.2) is 0 Å². The Morgan fingerprint density at radius 2 is 2.25 bits per heavy atom. The molecule has 1 aliphatic rings. The number of halogens is 1. The molecule has 1 aromatic carbocycles. The highest BCUT2D eigenvalue weighted by atomic mass is 79.9. The van der Waals surface area contributed by atoms with E-state index in [0.717, 1.165) is 24.0 Å². The molecule has 2 rings (SSSR count). The first-order valence-corrected chi connectivity index (χ1v) is 8.37. The van der Waals surface area contributed by atoms with Crippen molar-refractivity contribution in [1.82, 2.24) is 5.32 Å². The molecule has 1 aliphatic heterocycles.